The Morgan fingerprint density at radius 2 is 2.08 bits per heavy atom. The van der Waals surface area contributed by atoms with E-state index < -0.39 is 0 Å². The van der Waals surface area contributed by atoms with Gasteiger partial charge in [-0.3, -0.25) is 0 Å². The molecule has 0 radical (unpaired) electrons. The molecule has 74 valence electrons. The van der Waals surface area contributed by atoms with Crippen molar-refractivity contribution >= 4 is 17.3 Å². The van der Waals surface area contributed by atoms with E-state index in [1.165, 1.54) is 32.1 Å². The number of hydrogen-bond donors (Lipinski definition) is 2. The van der Waals surface area contributed by atoms with E-state index in [1.807, 2.05) is 0 Å². The molecule has 1 aliphatic rings. The third kappa shape index (κ3) is 4.88. The Balaban J connectivity index is 2.11. The van der Waals surface area contributed by atoms with E-state index in [1.54, 1.807) is 0 Å². The lowest BCUT2D eigenvalue weighted by molar-refractivity contribution is 0.419. The van der Waals surface area contributed by atoms with Crippen LogP contribution < -0.4 is 11.1 Å². The van der Waals surface area contributed by atoms with E-state index in [4.69, 9.17) is 18.0 Å². The second-order valence-corrected chi connectivity index (χ2v) is 4.01. The van der Waals surface area contributed by atoms with Crippen LogP contribution in [0.5, 0.6) is 0 Å². The van der Waals surface area contributed by atoms with Crippen LogP contribution in [0.15, 0.2) is 12.2 Å². The lowest BCUT2D eigenvalue weighted by Gasteiger charge is -2.17. The van der Waals surface area contributed by atoms with E-state index in [9.17, 15) is 0 Å². The van der Waals surface area contributed by atoms with Crippen LogP contribution >= 0.6 is 12.2 Å². The van der Waals surface area contributed by atoms with Crippen molar-refractivity contribution in [1.82, 2.24) is 5.32 Å². The zero-order valence-corrected chi connectivity index (χ0v) is 8.78. The Labute approximate surface area is 85.6 Å². The van der Waals surface area contributed by atoms with Crippen LogP contribution in [0.2, 0.25) is 0 Å². The highest BCUT2D eigenvalue weighted by molar-refractivity contribution is 7.80. The molecule has 3 heteroatoms. The normalized spacial score (nSPS) is 19.1. The predicted molar refractivity (Wildman–Crippen MR) is 60.5 cm³/mol. The average Bonchev–Trinajstić information content (AvgIpc) is 2.14. The Morgan fingerprint density at radius 3 is 2.69 bits per heavy atom. The summed E-state index contributed by atoms with van der Waals surface area (Å²) in [6.45, 7) is 0.770. The smallest absolute Gasteiger partial charge is 0.163 e. The Morgan fingerprint density at radius 1 is 1.38 bits per heavy atom. The number of allylic oxidation sites excluding steroid dienone is 1. The van der Waals surface area contributed by atoms with E-state index in [0.717, 1.165) is 12.5 Å². The van der Waals surface area contributed by atoms with E-state index in [2.05, 4.69) is 17.5 Å². The van der Waals surface area contributed by atoms with Gasteiger partial charge in [0.05, 0.1) is 0 Å². The quantitative estimate of drug-likeness (QED) is 0.538. The molecule has 0 unspecified atom stereocenters. The number of rotatable bonds is 3. The van der Waals surface area contributed by atoms with Crippen molar-refractivity contribution in [2.24, 2.45) is 11.7 Å². The highest BCUT2D eigenvalue weighted by atomic mass is 32.1. The molecule has 0 aliphatic heterocycles. The van der Waals surface area contributed by atoms with Gasteiger partial charge in [0.1, 0.15) is 0 Å². The van der Waals surface area contributed by atoms with Crippen LogP contribution in [-0.4, -0.2) is 11.7 Å². The molecule has 2 nitrogen and oxygen atoms in total. The minimum atomic E-state index is 0.383. The fourth-order valence-corrected chi connectivity index (χ4v) is 1.83. The van der Waals surface area contributed by atoms with Gasteiger partial charge in [0.2, 0.25) is 0 Å². The fourth-order valence-electron chi connectivity index (χ4n) is 1.75. The fraction of sp³-hybridized carbons (Fsp3) is 0.700. The summed E-state index contributed by atoms with van der Waals surface area (Å²) in [7, 11) is 0. The minimum Gasteiger partial charge on any atom is -0.376 e. The number of hydrogen-bond acceptors (Lipinski definition) is 1. The summed E-state index contributed by atoms with van der Waals surface area (Å²) >= 11 is 4.70. The van der Waals surface area contributed by atoms with Gasteiger partial charge in [-0.25, -0.2) is 0 Å². The SMILES string of the molecule is NC(=S)NCC=CC1CCCCC1. The molecule has 3 N–H and O–H groups in total. The third-order valence-corrected chi connectivity index (χ3v) is 2.60. The van der Waals surface area contributed by atoms with Gasteiger partial charge in [-0.15, -0.1) is 0 Å². The van der Waals surface area contributed by atoms with Gasteiger partial charge in [0.25, 0.3) is 0 Å². The molecule has 0 aromatic heterocycles. The summed E-state index contributed by atoms with van der Waals surface area (Å²) in [6.07, 6.45) is 11.3. The molecule has 0 bridgehead atoms. The molecule has 13 heavy (non-hydrogen) atoms. The molecule has 1 aliphatic carbocycles. The molecule has 0 spiro atoms. The van der Waals surface area contributed by atoms with Crippen molar-refractivity contribution in [1.29, 1.82) is 0 Å². The van der Waals surface area contributed by atoms with Crippen molar-refractivity contribution in [2.75, 3.05) is 6.54 Å². The topological polar surface area (TPSA) is 38.0 Å². The molecule has 0 aromatic rings. The molecule has 0 atom stereocenters. The van der Waals surface area contributed by atoms with Crippen LogP contribution in [0, 0.1) is 5.92 Å². The van der Waals surface area contributed by atoms with Gasteiger partial charge >= 0.3 is 0 Å². The number of nitrogens with two attached hydrogens (primary N) is 1. The maximum atomic E-state index is 5.30. The van der Waals surface area contributed by atoms with Crippen LogP contribution in [0.1, 0.15) is 32.1 Å². The third-order valence-electron chi connectivity index (χ3n) is 2.45. The second kappa shape index (κ2) is 5.97. The summed E-state index contributed by atoms with van der Waals surface area (Å²) in [5.74, 6) is 0.793. The number of thiocarbonyl (C=S) groups is 1. The first kappa shape index (κ1) is 10.5. The summed E-state index contributed by atoms with van der Waals surface area (Å²) in [5.41, 5.74) is 5.30. The molecule has 1 fully saturated rings. The summed E-state index contributed by atoms with van der Waals surface area (Å²) in [4.78, 5) is 0. The first-order valence-electron chi connectivity index (χ1n) is 4.99. The van der Waals surface area contributed by atoms with Crippen molar-refractivity contribution in [3.05, 3.63) is 12.2 Å². The molecule has 0 heterocycles. The average molecular weight is 198 g/mol. The molecule has 1 saturated carbocycles. The molecular weight excluding hydrogens is 180 g/mol. The molecular formula is C10H18N2S. The zero-order valence-electron chi connectivity index (χ0n) is 7.96. The van der Waals surface area contributed by atoms with Gasteiger partial charge in [-0.2, -0.15) is 0 Å². The molecule has 0 amide bonds. The lowest BCUT2D eigenvalue weighted by atomic mass is 9.89. The van der Waals surface area contributed by atoms with E-state index >= 15 is 0 Å². The van der Waals surface area contributed by atoms with Gasteiger partial charge in [-0.1, -0.05) is 31.4 Å². The largest absolute Gasteiger partial charge is 0.376 e. The highest BCUT2D eigenvalue weighted by Crippen LogP contribution is 2.24. The van der Waals surface area contributed by atoms with Gasteiger partial charge in [0, 0.05) is 6.54 Å². The standard InChI is InChI=1S/C10H18N2S/c11-10(13)12-8-4-7-9-5-2-1-3-6-9/h4,7,9H,1-3,5-6,8H2,(H3,11,12,13). The van der Waals surface area contributed by atoms with Gasteiger partial charge in [-0.05, 0) is 31.0 Å². The van der Waals surface area contributed by atoms with Crippen molar-refractivity contribution in [2.45, 2.75) is 32.1 Å². The first-order chi connectivity index (χ1) is 6.29. The van der Waals surface area contributed by atoms with Crippen LogP contribution in [0.25, 0.3) is 0 Å². The van der Waals surface area contributed by atoms with Crippen LogP contribution in [0.4, 0.5) is 0 Å². The van der Waals surface area contributed by atoms with Crippen LogP contribution in [0.3, 0.4) is 0 Å². The van der Waals surface area contributed by atoms with Crippen molar-refractivity contribution < 1.29 is 0 Å². The molecule has 0 aromatic carbocycles. The highest BCUT2D eigenvalue weighted by Gasteiger charge is 2.08. The monoisotopic (exact) mass is 198 g/mol. The maximum Gasteiger partial charge on any atom is 0.163 e. The zero-order chi connectivity index (χ0) is 9.52. The van der Waals surface area contributed by atoms with Gasteiger partial charge < -0.3 is 11.1 Å². The predicted octanol–water partition coefficient (Wildman–Crippen LogP) is 1.96. The Kier molecular flexibility index (Phi) is 4.83. The molecule has 0 saturated heterocycles. The lowest BCUT2D eigenvalue weighted by Crippen LogP contribution is -2.28. The van der Waals surface area contributed by atoms with Crippen molar-refractivity contribution in [3.63, 3.8) is 0 Å². The van der Waals surface area contributed by atoms with Crippen LogP contribution in [-0.2, 0) is 0 Å². The molecule has 1 rings (SSSR count). The Hall–Kier alpha value is -0.570. The Bertz CT molecular complexity index is 183. The summed E-state index contributed by atoms with van der Waals surface area (Å²) < 4.78 is 0. The summed E-state index contributed by atoms with van der Waals surface area (Å²) in [6, 6.07) is 0. The van der Waals surface area contributed by atoms with Gasteiger partial charge in [0.15, 0.2) is 5.11 Å². The minimum absolute atomic E-state index is 0.383. The first-order valence-corrected chi connectivity index (χ1v) is 5.40. The van der Waals surface area contributed by atoms with Crippen molar-refractivity contribution in [3.8, 4) is 0 Å². The maximum absolute atomic E-state index is 5.30. The number of nitrogens with one attached hydrogen (secondary N) is 1. The summed E-state index contributed by atoms with van der Waals surface area (Å²) in [5, 5.41) is 3.29. The van der Waals surface area contributed by atoms with E-state index in [0.29, 0.717) is 5.11 Å². The van der Waals surface area contributed by atoms with E-state index in [-0.39, 0.29) is 0 Å². The second-order valence-electron chi connectivity index (χ2n) is 3.57.